The number of hydrogen-bond acceptors (Lipinski definition) is 5. The van der Waals surface area contributed by atoms with Crippen LogP contribution >= 0.6 is 0 Å². The highest BCUT2D eigenvalue weighted by Crippen LogP contribution is 2.23. The Bertz CT molecular complexity index is 465. The van der Waals surface area contributed by atoms with Crippen LogP contribution in [0.3, 0.4) is 0 Å². The third kappa shape index (κ3) is 2.71. The minimum atomic E-state index is 0.505. The number of nitriles is 1. The zero-order chi connectivity index (χ0) is 13.1. The van der Waals surface area contributed by atoms with Crippen molar-refractivity contribution in [3.05, 3.63) is 17.8 Å². The van der Waals surface area contributed by atoms with Gasteiger partial charge in [-0.3, -0.25) is 0 Å². The fraction of sp³-hybridized carbons (Fsp3) is 0.538. The molecule has 0 amide bonds. The third-order valence-electron chi connectivity index (χ3n) is 3.41. The van der Waals surface area contributed by atoms with Crippen molar-refractivity contribution in [2.45, 2.75) is 6.42 Å². The lowest BCUT2D eigenvalue weighted by molar-refractivity contribution is 0.395. The minimum Gasteiger partial charge on any atom is -0.396 e. The third-order valence-corrected chi connectivity index (χ3v) is 3.41. The van der Waals surface area contributed by atoms with Crippen molar-refractivity contribution in [3.63, 3.8) is 0 Å². The molecule has 1 atom stereocenters. The predicted molar refractivity (Wildman–Crippen MR) is 72.2 cm³/mol. The van der Waals surface area contributed by atoms with E-state index < -0.39 is 0 Å². The summed E-state index contributed by atoms with van der Waals surface area (Å²) in [6.45, 7) is 3.24. The Morgan fingerprint density at radius 3 is 3.00 bits per heavy atom. The number of nitrogens with two attached hydrogens (primary N) is 1. The highest BCUT2D eigenvalue weighted by molar-refractivity contribution is 5.64. The van der Waals surface area contributed by atoms with Gasteiger partial charge in [-0.1, -0.05) is 0 Å². The first-order valence-corrected chi connectivity index (χ1v) is 6.15. The Kier molecular flexibility index (Phi) is 3.68. The van der Waals surface area contributed by atoms with Crippen molar-refractivity contribution in [3.8, 4) is 6.07 Å². The van der Waals surface area contributed by atoms with Crippen molar-refractivity contribution < 1.29 is 0 Å². The fourth-order valence-electron chi connectivity index (χ4n) is 2.50. The molecule has 96 valence electrons. The molecule has 1 unspecified atom stereocenters. The van der Waals surface area contributed by atoms with E-state index in [9.17, 15) is 0 Å². The van der Waals surface area contributed by atoms with Crippen LogP contribution < -0.4 is 10.6 Å². The number of nitrogens with zero attached hydrogens (tertiary/aromatic N) is 4. The van der Waals surface area contributed by atoms with Crippen LogP contribution in [0.4, 0.5) is 11.5 Å². The van der Waals surface area contributed by atoms with Gasteiger partial charge in [0.25, 0.3) is 0 Å². The van der Waals surface area contributed by atoms with Gasteiger partial charge in [0.1, 0.15) is 6.07 Å². The monoisotopic (exact) mass is 245 g/mol. The highest BCUT2D eigenvalue weighted by Gasteiger charge is 2.21. The summed E-state index contributed by atoms with van der Waals surface area (Å²) in [5.41, 5.74) is 7.01. The van der Waals surface area contributed by atoms with Crippen LogP contribution in [0.1, 0.15) is 12.0 Å². The number of hydrogen-bond donors (Lipinski definition) is 1. The number of rotatable bonds is 3. The van der Waals surface area contributed by atoms with Crippen molar-refractivity contribution in [2.24, 2.45) is 5.92 Å². The number of aromatic nitrogens is 1. The molecule has 18 heavy (non-hydrogen) atoms. The summed E-state index contributed by atoms with van der Waals surface area (Å²) in [7, 11) is 4.15. The van der Waals surface area contributed by atoms with E-state index in [0.29, 0.717) is 17.2 Å². The van der Waals surface area contributed by atoms with Crippen molar-refractivity contribution >= 4 is 11.5 Å². The van der Waals surface area contributed by atoms with E-state index in [2.05, 4.69) is 21.8 Å². The average molecular weight is 245 g/mol. The quantitative estimate of drug-likeness (QED) is 0.857. The summed E-state index contributed by atoms with van der Waals surface area (Å²) >= 11 is 0. The lowest BCUT2D eigenvalue weighted by Gasteiger charge is -2.23. The average Bonchev–Trinajstić information content (AvgIpc) is 2.74. The maximum absolute atomic E-state index is 8.79. The van der Waals surface area contributed by atoms with Crippen molar-refractivity contribution in [1.82, 2.24) is 9.88 Å². The summed E-state index contributed by atoms with van der Waals surface area (Å²) in [5, 5.41) is 8.79. The second-order valence-electron chi connectivity index (χ2n) is 5.05. The smallest absolute Gasteiger partial charge is 0.151 e. The van der Waals surface area contributed by atoms with Gasteiger partial charge in [0, 0.05) is 26.3 Å². The molecule has 0 spiro atoms. The molecule has 1 aromatic rings. The SMILES string of the molecule is CN1CCC(CN(C)c2ncc(C#N)cc2N)C1. The van der Waals surface area contributed by atoms with Crippen LogP contribution in [0.25, 0.3) is 0 Å². The predicted octanol–water partition coefficient (Wildman–Crippen LogP) is 0.923. The van der Waals surface area contributed by atoms with Gasteiger partial charge in [-0.25, -0.2) is 4.98 Å². The molecule has 0 bridgehead atoms. The van der Waals surface area contributed by atoms with Crippen molar-refractivity contribution in [2.75, 3.05) is 44.4 Å². The van der Waals surface area contributed by atoms with Gasteiger partial charge in [0.15, 0.2) is 5.82 Å². The zero-order valence-corrected chi connectivity index (χ0v) is 10.9. The highest BCUT2D eigenvalue weighted by atomic mass is 15.2. The summed E-state index contributed by atoms with van der Waals surface area (Å²) in [6.07, 6.45) is 2.79. The second kappa shape index (κ2) is 5.23. The molecular formula is C13H19N5. The Labute approximate surface area is 108 Å². The van der Waals surface area contributed by atoms with Crippen LogP contribution in [0, 0.1) is 17.2 Å². The molecule has 2 N–H and O–H groups in total. The van der Waals surface area contributed by atoms with Crippen LogP contribution in [0.5, 0.6) is 0 Å². The topological polar surface area (TPSA) is 69.2 Å². The van der Waals surface area contributed by atoms with E-state index in [1.54, 1.807) is 12.3 Å². The molecule has 5 heteroatoms. The molecule has 1 fully saturated rings. The van der Waals surface area contributed by atoms with Gasteiger partial charge in [0.05, 0.1) is 11.3 Å². The fourth-order valence-corrected chi connectivity index (χ4v) is 2.50. The standard InChI is InChI=1S/C13H19N5/c1-17-4-3-10(8-17)9-18(2)13-12(15)5-11(6-14)7-16-13/h5,7,10H,3-4,8-9,15H2,1-2H3. The Hall–Kier alpha value is -1.80. The number of nitrogen functional groups attached to an aromatic ring is 1. The van der Waals surface area contributed by atoms with Crippen LogP contribution in [0.15, 0.2) is 12.3 Å². The molecule has 1 saturated heterocycles. The molecule has 0 radical (unpaired) electrons. The first-order chi connectivity index (χ1) is 8.60. The molecule has 0 aromatic carbocycles. The second-order valence-corrected chi connectivity index (χ2v) is 5.05. The molecule has 5 nitrogen and oxygen atoms in total. The van der Waals surface area contributed by atoms with E-state index in [1.165, 1.54) is 6.42 Å². The molecule has 0 saturated carbocycles. The van der Waals surface area contributed by atoms with E-state index in [0.717, 1.165) is 25.5 Å². The van der Waals surface area contributed by atoms with Gasteiger partial charge >= 0.3 is 0 Å². The molecule has 2 heterocycles. The van der Waals surface area contributed by atoms with Gasteiger partial charge in [-0.15, -0.1) is 0 Å². The summed E-state index contributed by atoms with van der Waals surface area (Å²) in [4.78, 5) is 8.70. The first-order valence-electron chi connectivity index (χ1n) is 6.15. The molecular weight excluding hydrogens is 226 g/mol. The lowest BCUT2D eigenvalue weighted by Crippen LogP contribution is -2.28. The van der Waals surface area contributed by atoms with Gasteiger partial charge < -0.3 is 15.5 Å². The molecule has 0 aliphatic carbocycles. The summed E-state index contributed by atoms with van der Waals surface area (Å²) < 4.78 is 0. The first kappa shape index (κ1) is 12.7. The number of anilines is 2. The Morgan fingerprint density at radius 1 is 1.67 bits per heavy atom. The van der Waals surface area contributed by atoms with Gasteiger partial charge in [0.2, 0.25) is 0 Å². The number of pyridine rings is 1. The Balaban J connectivity index is 2.05. The van der Waals surface area contributed by atoms with Crippen LogP contribution in [-0.2, 0) is 0 Å². The summed E-state index contributed by atoms with van der Waals surface area (Å²) in [5.74, 6) is 1.43. The lowest BCUT2D eigenvalue weighted by atomic mass is 10.1. The van der Waals surface area contributed by atoms with E-state index in [-0.39, 0.29) is 0 Å². The maximum Gasteiger partial charge on any atom is 0.151 e. The molecule has 2 rings (SSSR count). The summed E-state index contributed by atoms with van der Waals surface area (Å²) in [6, 6.07) is 3.73. The maximum atomic E-state index is 8.79. The normalized spacial score (nSPS) is 19.7. The van der Waals surface area contributed by atoms with E-state index >= 15 is 0 Å². The molecule has 1 aliphatic rings. The zero-order valence-electron chi connectivity index (χ0n) is 10.9. The molecule has 1 aromatic heterocycles. The van der Waals surface area contributed by atoms with Crippen molar-refractivity contribution in [1.29, 1.82) is 5.26 Å². The van der Waals surface area contributed by atoms with Gasteiger partial charge in [-0.05, 0) is 32.0 Å². The Morgan fingerprint density at radius 2 is 2.44 bits per heavy atom. The van der Waals surface area contributed by atoms with Gasteiger partial charge in [-0.2, -0.15) is 5.26 Å². The number of likely N-dealkylation sites (tertiary alicyclic amines) is 1. The van der Waals surface area contributed by atoms with Crippen LogP contribution in [-0.4, -0.2) is 43.6 Å². The molecule has 1 aliphatic heterocycles. The van der Waals surface area contributed by atoms with Crippen LogP contribution in [0.2, 0.25) is 0 Å². The minimum absolute atomic E-state index is 0.505. The van der Waals surface area contributed by atoms with E-state index in [1.807, 2.05) is 13.1 Å². The largest absolute Gasteiger partial charge is 0.396 e. The van der Waals surface area contributed by atoms with E-state index in [4.69, 9.17) is 11.0 Å².